The maximum atomic E-state index is 12.3. The molecule has 4 aromatic rings. The average Bonchev–Trinajstić information content (AvgIpc) is 3.29. The van der Waals surface area contributed by atoms with Gasteiger partial charge in [-0.1, -0.05) is 18.2 Å². The summed E-state index contributed by atoms with van der Waals surface area (Å²) in [5.74, 6) is 1.04. The van der Waals surface area contributed by atoms with Gasteiger partial charge in [-0.3, -0.25) is 9.78 Å². The van der Waals surface area contributed by atoms with Crippen LogP contribution in [-0.4, -0.2) is 40.1 Å². The van der Waals surface area contributed by atoms with Gasteiger partial charge < -0.3 is 9.47 Å². The second-order valence-electron chi connectivity index (χ2n) is 7.01. The molecule has 0 atom stereocenters. The number of para-hydroxylation sites is 1. The van der Waals surface area contributed by atoms with Crippen molar-refractivity contribution in [1.29, 1.82) is 0 Å². The lowest BCUT2D eigenvalue weighted by molar-refractivity contribution is 0.0955. The SMILES string of the molecule is O=C(N/N=C\c1cn(-c2ccccc2)nc1-c1ccc2c(c1)OCCO2)c1cccnc1. The van der Waals surface area contributed by atoms with E-state index in [0.717, 1.165) is 16.8 Å². The van der Waals surface area contributed by atoms with Gasteiger partial charge in [0.1, 0.15) is 18.9 Å². The van der Waals surface area contributed by atoms with Crippen molar-refractivity contribution in [1.82, 2.24) is 20.2 Å². The van der Waals surface area contributed by atoms with Crippen molar-refractivity contribution >= 4 is 12.1 Å². The minimum atomic E-state index is -0.342. The highest BCUT2D eigenvalue weighted by Gasteiger charge is 2.16. The molecule has 1 N–H and O–H groups in total. The number of hydrogen-bond acceptors (Lipinski definition) is 6. The number of nitrogens with zero attached hydrogens (tertiary/aromatic N) is 4. The van der Waals surface area contributed by atoms with E-state index in [1.165, 1.54) is 6.20 Å². The van der Waals surface area contributed by atoms with Crippen molar-refractivity contribution in [2.75, 3.05) is 13.2 Å². The normalized spacial score (nSPS) is 12.6. The number of amides is 1. The lowest BCUT2D eigenvalue weighted by Crippen LogP contribution is -2.17. The molecule has 1 amide bonds. The molecule has 0 bridgehead atoms. The van der Waals surface area contributed by atoms with Crippen LogP contribution < -0.4 is 14.9 Å². The number of fused-ring (bicyclic) bond motifs is 1. The topological polar surface area (TPSA) is 90.6 Å². The van der Waals surface area contributed by atoms with Crippen LogP contribution in [0.15, 0.2) is 84.4 Å². The molecule has 3 heterocycles. The van der Waals surface area contributed by atoms with Crippen LogP contribution >= 0.6 is 0 Å². The molecule has 0 radical (unpaired) electrons. The maximum Gasteiger partial charge on any atom is 0.272 e. The van der Waals surface area contributed by atoms with E-state index in [4.69, 9.17) is 14.6 Å². The summed E-state index contributed by atoms with van der Waals surface area (Å²) < 4.78 is 13.1. The molecule has 2 aromatic carbocycles. The highest BCUT2D eigenvalue weighted by molar-refractivity contribution is 5.95. The molecule has 1 aliphatic rings. The monoisotopic (exact) mass is 425 g/mol. The summed E-state index contributed by atoms with van der Waals surface area (Å²) >= 11 is 0. The van der Waals surface area contributed by atoms with Gasteiger partial charge in [-0.25, -0.2) is 10.1 Å². The zero-order chi connectivity index (χ0) is 21.8. The van der Waals surface area contributed by atoms with Crippen LogP contribution in [0.2, 0.25) is 0 Å². The Morgan fingerprint density at radius 1 is 1.03 bits per heavy atom. The van der Waals surface area contributed by atoms with Gasteiger partial charge >= 0.3 is 0 Å². The summed E-state index contributed by atoms with van der Waals surface area (Å²) in [5.41, 5.74) is 6.15. The molecule has 8 heteroatoms. The first-order valence-corrected chi connectivity index (χ1v) is 10.1. The van der Waals surface area contributed by atoms with Gasteiger partial charge in [0, 0.05) is 29.7 Å². The number of carbonyl (C=O) groups is 1. The van der Waals surface area contributed by atoms with Crippen LogP contribution in [0.5, 0.6) is 11.5 Å². The number of pyridine rings is 1. The molecular weight excluding hydrogens is 406 g/mol. The zero-order valence-corrected chi connectivity index (χ0v) is 17.0. The van der Waals surface area contributed by atoms with Crippen molar-refractivity contribution in [3.05, 3.63) is 90.4 Å². The Labute approximate surface area is 184 Å². The number of carbonyl (C=O) groups excluding carboxylic acids is 1. The average molecular weight is 425 g/mol. The second kappa shape index (κ2) is 8.73. The number of hydrazone groups is 1. The van der Waals surface area contributed by atoms with E-state index in [-0.39, 0.29) is 5.91 Å². The molecule has 5 rings (SSSR count). The van der Waals surface area contributed by atoms with E-state index in [0.29, 0.717) is 36.0 Å². The highest BCUT2D eigenvalue weighted by atomic mass is 16.6. The Kier molecular flexibility index (Phi) is 5.32. The van der Waals surface area contributed by atoms with E-state index >= 15 is 0 Å². The number of aromatic nitrogens is 3. The van der Waals surface area contributed by atoms with Crippen LogP contribution in [0.4, 0.5) is 0 Å². The van der Waals surface area contributed by atoms with Crippen molar-refractivity contribution in [2.45, 2.75) is 0 Å². The van der Waals surface area contributed by atoms with Gasteiger partial charge in [0.25, 0.3) is 5.91 Å². The molecular formula is C24H19N5O3. The molecule has 1 aliphatic heterocycles. The largest absolute Gasteiger partial charge is 0.486 e. The quantitative estimate of drug-likeness (QED) is 0.391. The zero-order valence-electron chi connectivity index (χ0n) is 17.0. The minimum Gasteiger partial charge on any atom is -0.486 e. The summed E-state index contributed by atoms with van der Waals surface area (Å²) in [6, 6.07) is 18.8. The van der Waals surface area contributed by atoms with Crippen LogP contribution in [0.25, 0.3) is 16.9 Å². The highest BCUT2D eigenvalue weighted by Crippen LogP contribution is 2.35. The fourth-order valence-electron chi connectivity index (χ4n) is 3.33. The Morgan fingerprint density at radius 2 is 1.88 bits per heavy atom. The summed E-state index contributed by atoms with van der Waals surface area (Å²) in [4.78, 5) is 16.2. The number of rotatable bonds is 5. The summed E-state index contributed by atoms with van der Waals surface area (Å²) in [5, 5.41) is 8.90. The molecule has 8 nitrogen and oxygen atoms in total. The van der Waals surface area contributed by atoms with Crippen molar-refractivity contribution in [3.8, 4) is 28.4 Å². The molecule has 0 saturated carbocycles. The molecule has 2 aromatic heterocycles. The van der Waals surface area contributed by atoms with Gasteiger partial charge in [0.05, 0.1) is 17.5 Å². The van der Waals surface area contributed by atoms with Gasteiger partial charge in [-0.2, -0.15) is 10.2 Å². The summed E-state index contributed by atoms with van der Waals surface area (Å²) in [6.07, 6.45) is 6.53. The fraction of sp³-hybridized carbons (Fsp3) is 0.0833. The lowest BCUT2D eigenvalue weighted by atomic mass is 10.1. The molecule has 0 unspecified atom stereocenters. The van der Waals surface area contributed by atoms with Crippen LogP contribution in [0.1, 0.15) is 15.9 Å². The minimum absolute atomic E-state index is 0.342. The van der Waals surface area contributed by atoms with E-state index in [1.807, 2.05) is 54.7 Å². The Morgan fingerprint density at radius 3 is 2.69 bits per heavy atom. The van der Waals surface area contributed by atoms with Gasteiger partial charge in [0.2, 0.25) is 0 Å². The van der Waals surface area contributed by atoms with Crippen LogP contribution in [-0.2, 0) is 0 Å². The predicted molar refractivity (Wildman–Crippen MR) is 119 cm³/mol. The Hall–Kier alpha value is -4.46. The van der Waals surface area contributed by atoms with Crippen molar-refractivity contribution < 1.29 is 14.3 Å². The molecule has 158 valence electrons. The number of nitrogens with one attached hydrogen (secondary N) is 1. The molecule has 0 spiro atoms. The number of ether oxygens (including phenoxy) is 2. The smallest absolute Gasteiger partial charge is 0.272 e. The van der Waals surface area contributed by atoms with E-state index < -0.39 is 0 Å². The first-order chi connectivity index (χ1) is 15.8. The van der Waals surface area contributed by atoms with Gasteiger partial charge in [0.15, 0.2) is 11.5 Å². The van der Waals surface area contributed by atoms with Crippen molar-refractivity contribution in [3.63, 3.8) is 0 Å². The molecule has 0 saturated heterocycles. The van der Waals surface area contributed by atoms with E-state index in [9.17, 15) is 4.79 Å². The first-order valence-electron chi connectivity index (χ1n) is 10.1. The molecule has 32 heavy (non-hydrogen) atoms. The predicted octanol–water partition coefficient (Wildman–Crippen LogP) is 3.47. The lowest BCUT2D eigenvalue weighted by Gasteiger charge is -2.18. The fourth-order valence-corrected chi connectivity index (χ4v) is 3.33. The number of hydrogen-bond donors (Lipinski definition) is 1. The summed E-state index contributed by atoms with van der Waals surface area (Å²) in [6.45, 7) is 1.03. The third-order valence-electron chi connectivity index (χ3n) is 4.87. The number of benzene rings is 2. The van der Waals surface area contributed by atoms with Gasteiger partial charge in [-0.15, -0.1) is 0 Å². The Balaban J connectivity index is 1.48. The maximum absolute atomic E-state index is 12.3. The standard InChI is InChI=1S/C24H19N5O3/c30-24(18-5-4-10-25-14-18)27-26-15-19-16-29(20-6-2-1-3-7-20)28-23(19)17-8-9-21-22(13-17)32-12-11-31-21/h1-10,13-16H,11-12H2,(H,27,30)/b26-15-. The third kappa shape index (κ3) is 4.06. The third-order valence-corrected chi connectivity index (χ3v) is 4.87. The second-order valence-corrected chi connectivity index (χ2v) is 7.01. The van der Waals surface area contributed by atoms with Crippen LogP contribution in [0.3, 0.4) is 0 Å². The Bertz CT molecular complexity index is 1270. The molecule has 0 aliphatic carbocycles. The van der Waals surface area contributed by atoms with E-state index in [1.54, 1.807) is 29.2 Å². The molecule has 0 fully saturated rings. The van der Waals surface area contributed by atoms with E-state index in [2.05, 4.69) is 15.5 Å². The first kappa shape index (κ1) is 19.5. The van der Waals surface area contributed by atoms with Gasteiger partial charge in [-0.05, 0) is 42.5 Å². The van der Waals surface area contributed by atoms with Crippen LogP contribution in [0, 0.1) is 0 Å². The summed E-state index contributed by atoms with van der Waals surface area (Å²) in [7, 11) is 0. The van der Waals surface area contributed by atoms with Crippen molar-refractivity contribution in [2.24, 2.45) is 5.10 Å².